The molecule has 1 aromatic heterocycles. The summed E-state index contributed by atoms with van der Waals surface area (Å²) >= 11 is 0. The highest BCUT2D eigenvalue weighted by Crippen LogP contribution is 2.17. The summed E-state index contributed by atoms with van der Waals surface area (Å²) in [7, 11) is 1.38. The Morgan fingerprint density at radius 3 is 2.60 bits per heavy atom. The van der Waals surface area contributed by atoms with Gasteiger partial charge in [-0.3, -0.25) is 4.79 Å². The first-order chi connectivity index (χ1) is 7.04. The molecule has 1 rings (SSSR count). The van der Waals surface area contributed by atoms with E-state index in [-0.39, 0.29) is 23.2 Å². The number of aromatic nitrogens is 1. The van der Waals surface area contributed by atoms with Crippen LogP contribution in [0.1, 0.15) is 17.4 Å². The summed E-state index contributed by atoms with van der Waals surface area (Å²) in [4.78, 5) is 25.3. The number of carbonyl (C=O) groups excluding carboxylic acids is 1. The Morgan fingerprint density at radius 2 is 2.13 bits per heavy atom. The van der Waals surface area contributed by atoms with Crippen molar-refractivity contribution >= 4 is 17.6 Å². The van der Waals surface area contributed by atoms with Crippen LogP contribution >= 0.6 is 0 Å². The number of nitrogens with one attached hydrogen (secondary N) is 1. The van der Waals surface area contributed by atoms with Gasteiger partial charge in [0.15, 0.2) is 5.69 Å². The summed E-state index contributed by atoms with van der Waals surface area (Å²) < 4.78 is 4.78. The molecular formula is C9H10N2O4. The van der Waals surface area contributed by atoms with E-state index in [0.29, 0.717) is 0 Å². The molecule has 2 N–H and O–H groups in total. The van der Waals surface area contributed by atoms with E-state index >= 15 is 0 Å². The quantitative estimate of drug-likeness (QED) is 0.768. The predicted octanol–water partition coefficient (Wildman–Crippen LogP) is 0.747. The number of methoxy groups -OCH3 is 1. The van der Waals surface area contributed by atoms with Crippen molar-refractivity contribution in [2.24, 2.45) is 0 Å². The van der Waals surface area contributed by atoms with Crippen LogP contribution in [0.25, 0.3) is 0 Å². The monoisotopic (exact) mass is 210 g/mol. The zero-order chi connectivity index (χ0) is 11.4. The lowest BCUT2D eigenvalue weighted by Gasteiger charge is -2.06. The van der Waals surface area contributed by atoms with Crippen molar-refractivity contribution in [2.75, 3.05) is 12.4 Å². The van der Waals surface area contributed by atoms with E-state index in [1.165, 1.54) is 26.2 Å². The molecule has 6 nitrogen and oxygen atoms in total. The molecular weight excluding hydrogens is 200 g/mol. The zero-order valence-corrected chi connectivity index (χ0v) is 8.27. The van der Waals surface area contributed by atoms with Crippen LogP contribution in [0, 0.1) is 0 Å². The second-order valence-electron chi connectivity index (χ2n) is 2.74. The molecule has 15 heavy (non-hydrogen) atoms. The van der Waals surface area contributed by atoms with Gasteiger partial charge in [0, 0.05) is 13.0 Å². The molecule has 0 bridgehead atoms. The van der Waals surface area contributed by atoms with Gasteiger partial charge >= 0.3 is 5.97 Å². The van der Waals surface area contributed by atoms with E-state index in [9.17, 15) is 9.59 Å². The molecule has 0 saturated heterocycles. The second-order valence-corrected chi connectivity index (χ2v) is 2.74. The van der Waals surface area contributed by atoms with Gasteiger partial charge in [-0.05, 0) is 6.07 Å². The molecule has 1 amide bonds. The summed E-state index contributed by atoms with van der Waals surface area (Å²) in [5.74, 6) is -1.40. The maximum atomic E-state index is 10.8. The minimum Gasteiger partial charge on any atom is -0.481 e. The van der Waals surface area contributed by atoms with Gasteiger partial charge in [0.2, 0.25) is 11.8 Å². The average molecular weight is 210 g/mol. The Kier molecular flexibility index (Phi) is 3.22. The Bertz CT molecular complexity index is 403. The molecule has 1 heterocycles. The van der Waals surface area contributed by atoms with Gasteiger partial charge in [0.25, 0.3) is 0 Å². The molecule has 0 aromatic carbocycles. The fourth-order valence-electron chi connectivity index (χ4n) is 1.01. The van der Waals surface area contributed by atoms with E-state index < -0.39 is 5.97 Å². The van der Waals surface area contributed by atoms with E-state index in [1.807, 2.05) is 0 Å². The molecule has 0 aliphatic carbocycles. The number of rotatable bonds is 3. The summed E-state index contributed by atoms with van der Waals surface area (Å²) in [6, 6.07) is 2.90. The molecule has 1 aromatic rings. The molecule has 0 aliphatic heterocycles. The van der Waals surface area contributed by atoms with Gasteiger partial charge in [-0.1, -0.05) is 0 Å². The van der Waals surface area contributed by atoms with Crippen molar-refractivity contribution in [3.8, 4) is 5.88 Å². The minimum atomic E-state index is -1.22. The maximum absolute atomic E-state index is 10.8. The second kappa shape index (κ2) is 4.41. The zero-order valence-electron chi connectivity index (χ0n) is 8.27. The van der Waals surface area contributed by atoms with Gasteiger partial charge in [-0.15, -0.1) is 0 Å². The lowest BCUT2D eigenvalue weighted by Crippen LogP contribution is -2.12. The maximum Gasteiger partial charge on any atom is 0.356 e. The number of pyridine rings is 1. The Labute approximate surface area is 85.9 Å². The number of ether oxygens (including phenoxy) is 1. The van der Waals surface area contributed by atoms with Crippen molar-refractivity contribution in [1.29, 1.82) is 0 Å². The Balaban J connectivity index is 3.15. The van der Waals surface area contributed by atoms with E-state index in [4.69, 9.17) is 9.84 Å². The van der Waals surface area contributed by atoms with Gasteiger partial charge in [-0.2, -0.15) is 0 Å². The number of hydrogen-bond acceptors (Lipinski definition) is 4. The Morgan fingerprint density at radius 1 is 1.47 bits per heavy atom. The van der Waals surface area contributed by atoms with Crippen molar-refractivity contribution in [1.82, 2.24) is 4.98 Å². The van der Waals surface area contributed by atoms with Crippen molar-refractivity contribution in [2.45, 2.75) is 6.92 Å². The third-order valence-electron chi connectivity index (χ3n) is 1.59. The summed E-state index contributed by atoms with van der Waals surface area (Å²) in [5, 5.41) is 11.2. The normalized spacial score (nSPS) is 9.47. The third kappa shape index (κ3) is 2.67. The molecule has 80 valence electrons. The van der Waals surface area contributed by atoms with Crippen LogP contribution in [0.3, 0.4) is 0 Å². The number of carboxylic acids is 1. The number of aromatic carboxylic acids is 1. The fraction of sp³-hybridized carbons (Fsp3) is 0.222. The number of carbonyl (C=O) groups is 2. The fourth-order valence-corrected chi connectivity index (χ4v) is 1.01. The van der Waals surface area contributed by atoms with Crippen LogP contribution < -0.4 is 10.1 Å². The van der Waals surface area contributed by atoms with Gasteiger partial charge < -0.3 is 15.2 Å². The highest BCUT2D eigenvalue weighted by Gasteiger charge is 2.14. The lowest BCUT2D eigenvalue weighted by atomic mass is 10.3. The van der Waals surface area contributed by atoms with Gasteiger partial charge in [0.05, 0.1) is 12.8 Å². The largest absolute Gasteiger partial charge is 0.481 e. The molecule has 0 atom stereocenters. The summed E-state index contributed by atoms with van der Waals surface area (Å²) in [6.45, 7) is 1.29. The lowest BCUT2D eigenvalue weighted by molar-refractivity contribution is -0.114. The average Bonchev–Trinajstić information content (AvgIpc) is 2.17. The first kappa shape index (κ1) is 11.0. The number of nitrogens with zero attached hydrogens (tertiary/aromatic N) is 1. The minimum absolute atomic E-state index is 0.149. The Hall–Kier alpha value is -2.11. The standard InChI is InChI=1S/C9H10N2O4/c1-5(12)10-6-3-4-7(15-2)11-8(6)9(13)14/h3-4H,1-2H3,(H,10,12)(H,13,14). The molecule has 0 aliphatic rings. The van der Waals surface area contributed by atoms with Crippen LogP contribution in [0.4, 0.5) is 5.69 Å². The topological polar surface area (TPSA) is 88.5 Å². The van der Waals surface area contributed by atoms with Crippen LogP contribution in [0.5, 0.6) is 5.88 Å². The first-order valence-corrected chi connectivity index (χ1v) is 4.10. The van der Waals surface area contributed by atoms with E-state index in [0.717, 1.165) is 0 Å². The molecule has 0 saturated carbocycles. The highest BCUT2D eigenvalue weighted by atomic mass is 16.5. The number of amides is 1. The predicted molar refractivity (Wildman–Crippen MR) is 52.1 cm³/mol. The molecule has 0 radical (unpaired) electrons. The summed E-state index contributed by atoms with van der Waals surface area (Å²) in [5.41, 5.74) is -0.0969. The molecule has 0 spiro atoms. The number of carboxylic acid groups (broad SMARTS) is 1. The van der Waals surface area contributed by atoms with Crippen LogP contribution in [0.2, 0.25) is 0 Å². The van der Waals surface area contributed by atoms with Gasteiger partial charge in [0.1, 0.15) is 0 Å². The van der Waals surface area contributed by atoms with Crippen molar-refractivity contribution in [3.05, 3.63) is 17.8 Å². The third-order valence-corrected chi connectivity index (χ3v) is 1.59. The molecule has 0 fully saturated rings. The van der Waals surface area contributed by atoms with Crippen LogP contribution in [-0.4, -0.2) is 29.1 Å². The van der Waals surface area contributed by atoms with E-state index in [2.05, 4.69) is 10.3 Å². The number of hydrogen-bond donors (Lipinski definition) is 2. The molecule has 0 unspecified atom stereocenters. The smallest absolute Gasteiger partial charge is 0.356 e. The highest BCUT2D eigenvalue weighted by molar-refractivity contribution is 5.98. The summed E-state index contributed by atoms with van der Waals surface area (Å²) in [6.07, 6.45) is 0. The van der Waals surface area contributed by atoms with Crippen molar-refractivity contribution in [3.63, 3.8) is 0 Å². The van der Waals surface area contributed by atoms with E-state index in [1.54, 1.807) is 0 Å². The van der Waals surface area contributed by atoms with Crippen LogP contribution in [-0.2, 0) is 4.79 Å². The van der Waals surface area contributed by atoms with Gasteiger partial charge in [-0.25, -0.2) is 9.78 Å². The SMILES string of the molecule is COc1ccc(NC(C)=O)c(C(=O)O)n1. The number of anilines is 1. The molecule has 6 heteroatoms. The first-order valence-electron chi connectivity index (χ1n) is 4.10. The van der Waals surface area contributed by atoms with Crippen LogP contribution in [0.15, 0.2) is 12.1 Å². The van der Waals surface area contributed by atoms with Crippen molar-refractivity contribution < 1.29 is 19.4 Å².